The number of piperazine rings is 1. The van der Waals surface area contributed by atoms with Crippen LogP contribution >= 0.6 is 11.9 Å². The maximum atomic E-state index is 14.5. The number of amides is 1. The SMILES string of the molecule is CCC1C(C)C12CCC2(CSN1CCN(c2ncc(C(F)(F)F)cc2F)C(C)C1)C(C)NC(C)=O. The van der Waals surface area contributed by atoms with Crippen molar-refractivity contribution in [1.82, 2.24) is 14.6 Å². The molecule has 6 unspecified atom stereocenters. The molecule has 196 valence electrons. The zero-order valence-electron chi connectivity index (χ0n) is 21.1. The third-order valence-corrected chi connectivity index (χ3v) is 10.4. The zero-order chi connectivity index (χ0) is 25.8. The lowest BCUT2D eigenvalue weighted by atomic mass is 9.53. The summed E-state index contributed by atoms with van der Waals surface area (Å²) < 4.78 is 55.5. The standard InChI is InChI=1S/C25H36F4N4OS/c1-6-20-16(3)24(20)8-7-23(24,17(4)31-18(5)34)14-35-32-9-10-33(15(2)13-32)22-21(26)11-19(12-30-22)25(27,28)29/h11-12,15-17,20H,6-10,13-14H2,1-5H3,(H,31,34). The summed E-state index contributed by atoms with van der Waals surface area (Å²) >= 11 is 1.80. The monoisotopic (exact) mass is 516 g/mol. The number of nitrogens with zero attached hydrogens (tertiary/aromatic N) is 3. The maximum Gasteiger partial charge on any atom is 0.417 e. The molecule has 4 rings (SSSR count). The van der Waals surface area contributed by atoms with Crippen LogP contribution in [0.4, 0.5) is 23.4 Å². The fraction of sp³-hybridized carbons (Fsp3) is 0.760. The van der Waals surface area contributed by atoms with Crippen molar-refractivity contribution in [2.24, 2.45) is 22.7 Å². The zero-order valence-corrected chi connectivity index (χ0v) is 21.9. The first-order valence-corrected chi connectivity index (χ1v) is 13.5. The van der Waals surface area contributed by atoms with E-state index in [-0.39, 0.29) is 34.6 Å². The topological polar surface area (TPSA) is 48.5 Å². The molecule has 3 aliphatic rings. The van der Waals surface area contributed by atoms with Crippen LogP contribution in [-0.2, 0) is 11.0 Å². The van der Waals surface area contributed by atoms with E-state index in [1.54, 1.807) is 23.8 Å². The average Bonchev–Trinajstić information content (AvgIpc) is 3.39. The van der Waals surface area contributed by atoms with E-state index in [1.807, 2.05) is 6.92 Å². The molecule has 2 heterocycles. The molecule has 10 heteroatoms. The van der Waals surface area contributed by atoms with Crippen LogP contribution < -0.4 is 10.2 Å². The normalized spacial score (nSPS) is 34.0. The fourth-order valence-corrected chi connectivity index (χ4v) is 8.78. The Hall–Kier alpha value is -1.55. The predicted octanol–water partition coefficient (Wildman–Crippen LogP) is 5.37. The second-order valence-corrected chi connectivity index (χ2v) is 11.7. The molecule has 1 aromatic heterocycles. The summed E-state index contributed by atoms with van der Waals surface area (Å²) in [5, 5.41) is 3.18. The lowest BCUT2D eigenvalue weighted by Gasteiger charge is -2.56. The third kappa shape index (κ3) is 4.43. The van der Waals surface area contributed by atoms with Crippen molar-refractivity contribution >= 4 is 23.7 Å². The van der Waals surface area contributed by atoms with Gasteiger partial charge in [-0.25, -0.2) is 13.7 Å². The van der Waals surface area contributed by atoms with Crippen LogP contribution in [0.5, 0.6) is 0 Å². The molecule has 2 saturated carbocycles. The number of pyridine rings is 1. The average molecular weight is 517 g/mol. The number of rotatable bonds is 7. The first-order valence-electron chi connectivity index (χ1n) is 12.5. The van der Waals surface area contributed by atoms with Gasteiger partial charge < -0.3 is 10.2 Å². The number of aromatic nitrogens is 1. The highest BCUT2D eigenvalue weighted by Crippen LogP contribution is 2.80. The van der Waals surface area contributed by atoms with Crippen molar-refractivity contribution in [2.45, 2.75) is 72.1 Å². The number of halogens is 4. The Balaban J connectivity index is 1.43. The summed E-state index contributed by atoms with van der Waals surface area (Å²) in [6.07, 6.45) is -0.455. The molecule has 0 radical (unpaired) electrons. The minimum absolute atomic E-state index is 0.00131. The lowest BCUT2D eigenvalue weighted by molar-refractivity contribution is -0.138. The highest BCUT2D eigenvalue weighted by atomic mass is 32.2. The summed E-state index contributed by atoms with van der Waals surface area (Å²) in [5.74, 6) is 1.29. The molecular weight excluding hydrogens is 480 g/mol. The van der Waals surface area contributed by atoms with E-state index < -0.39 is 17.6 Å². The van der Waals surface area contributed by atoms with E-state index in [4.69, 9.17) is 0 Å². The van der Waals surface area contributed by atoms with Gasteiger partial charge in [-0.15, -0.1) is 0 Å². The molecule has 1 amide bonds. The molecule has 1 aromatic rings. The minimum Gasteiger partial charge on any atom is -0.353 e. The van der Waals surface area contributed by atoms with Gasteiger partial charge in [-0.3, -0.25) is 4.79 Å². The lowest BCUT2D eigenvalue weighted by Crippen LogP contribution is -2.59. The Morgan fingerprint density at radius 3 is 2.51 bits per heavy atom. The van der Waals surface area contributed by atoms with Crippen molar-refractivity contribution < 1.29 is 22.4 Å². The van der Waals surface area contributed by atoms with Crippen LogP contribution in [0.1, 0.15) is 59.4 Å². The third-order valence-electron chi connectivity index (χ3n) is 9.08. The summed E-state index contributed by atoms with van der Waals surface area (Å²) in [6, 6.07) is 0.516. The number of anilines is 1. The van der Waals surface area contributed by atoms with E-state index >= 15 is 0 Å². The molecule has 0 aromatic carbocycles. The van der Waals surface area contributed by atoms with Crippen LogP contribution in [0.25, 0.3) is 0 Å². The molecule has 1 saturated heterocycles. The minimum atomic E-state index is -4.62. The van der Waals surface area contributed by atoms with Crippen molar-refractivity contribution in [1.29, 1.82) is 0 Å². The van der Waals surface area contributed by atoms with Gasteiger partial charge in [0.05, 0.1) is 5.56 Å². The molecule has 5 nitrogen and oxygen atoms in total. The number of hydrogen-bond donors (Lipinski definition) is 1. The van der Waals surface area contributed by atoms with Gasteiger partial charge in [0.25, 0.3) is 0 Å². The van der Waals surface area contributed by atoms with Crippen LogP contribution in [0.3, 0.4) is 0 Å². The molecule has 35 heavy (non-hydrogen) atoms. The largest absolute Gasteiger partial charge is 0.417 e. The van der Waals surface area contributed by atoms with Crippen LogP contribution in [0.2, 0.25) is 0 Å². The van der Waals surface area contributed by atoms with Gasteiger partial charge in [0, 0.05) is 56.0 Å². The Morgan fingerprint density at radius 2 is 2.03 bits per heavy atom. The predicted molar refractivity (Wildman–Crippen MR) is 130 cm³/mol. The van der Waals surface area contributed by atoms with E-state index in [2.05, 4.69) is 35.4 Å². The Kier molecular flexibility index (Phi) is 7.12. The van der Waals surface area contributed by atoms with Gasteiger partial charge >= 0.3 is 6.18 Å². The van der Waals surface area contributed by atoms with E-state index in [1.165, 1.54) is 6.42 Å². The molecule has 1 aliphatic heterocycles. The van der Waals surface area contributed by atoms with Gasteiger partial charge in [0.15, 0.2) is 11.6 Å². The summed E-state index contributed by atoms with van der Waals surface area (Å²) in [5.41, 5.74) is -0.740. The molecule has 6 atom stereocenters. The van der Waals surface area contributed by atoms with Gasteiger partial charge in [-0.1, -0.05) is 32.2 Å². The smallest absolute Gasteiger partial charge is 0.353 e. The van der Waals surface area contributed by atoms with Crippen molar-refractivity contribution in [2.75, 3.05) is 30.3 Å². The number of alkyl halides is 3. The molecular formula is C25H36F4N4OS. The Labute approximate surface area is 209 Å². The maximum absolute atomic E-state index is 14.5. The number of carbonyl (C=O) groups is 1. The highest BCUT2D eigenvalue weighted by Gasteiger charge is 2.76. The second kappa shape index (κ2) is 9.39. The van der Waals surface area contributed by atoms with Gasteiger partial charge in [-0.05, 0) is 50.0 Å². The molecule has 1 N–H and O–H groups in total. The summed E-state index contributed by atoms with van der Waals surface area (Å²) in [6.45, 7) is 12.0. The first kappa shape index (κ1) is 26.5. The molecule has 2 aliphatic carbocycles. The van der Waals surface area contributed by atoms with Crippen molar-refractivity contribution in [3.63, 3.8) is 0 Å². The quantitative estimate of drug-likeness (QED) is 0.390. The number of nitrogens with one attached hydrogen (secondary N) is 1. The highest BCUT2D eigenvalue weighted by molar-refractivity contribution is 7.97. The van der Waals surface area contributed by atoms with Gasteiger partial charge in [-0.2, -0.15) is 13.2 Å². The van der Waals surface area contributed by atoms with E-state index in [9.17, 15) is 22.4 Å². The van der Waals surface area contributed by atoms with Crippen LogP contribution in [0, 0.1) is 28.5 Å². The van der Waals surface area contributed by atoms with Crippen molar-refractivity contribution in [3.05, 3.63) is 23.6 Å². The van der Waals surface area contributed by atoms with Crippen molar-refractivity contribution in [3.8, 4) is 0 Å². The van der Waals surface area contributed by atoms with Crippen LogP contribution in [0.15, 0.2) is 12.3 Å². The van der Waals surface area contributed by atoms with Gasteiger partial charge in [0.2, 0.25) is 5.91 Å². The summed E-state index contributed by atoms with van der Waals surface area (Å²) in [4.78, 5) is 17.5. The molecule has 0 bridgehead atoms. The van der Waals surface area contributed by atoms with Gasteiger partial charge in [0.1, 0.15) is 0 Å². The number of carbonyl (C=O) groups excluding carboxylic acids is 1. The first-order chi connectivity index (χ1) is 16.4. The summed E-state index contributed by atoms with van der Waals surface area (Å²) in [7, 11) is 0. The fourth-order valence-electron chi connectivity index (χ4n) is 7.17. The van der Waals surface area contributed by atoms with E-state index in [0.717, 1.165) is 18.6 Å². The van der Waals surface area contributed by atoms with Crippen LogP contribution in [-0.4, -0.2) is 52.7 Å². The Bertz CT molecular complexity index is 962. The second-order valence-electron chi connectivity index (χ2n) is 10.7. The number of hydrogen-bond acceptors (Lipinski definition) is 5. The Morgan fingerprint density at radius 1 is 1.31 bits per heavy atom. The van der Waals surface area contributed by atoms with E-state index in [0.29, 0.717) is 43.7 Å². The molecule has 3 fully saturated rings. The molecule has 1 spiro atoms.